The van der Waals surface area contributed by atoms with Crippen LogP contribution in [0.15, 0.2) is 46.3 Å². The summed E-state index contributed by atoms with van der Waals surface area (Å²) in [4.78, 5) is 4.36. The van der Waals surface area contributed by atoms with Crippen molar-refractivity contribution in [2.45, 2.75) is 24.7 Å². The average Bonchev–Trinajstić information content (AvgIpc) is 2.60. The largest absolute Gasteiger partial charge is 0.294 e. The Labute approximate surface area is 107 Å². The molecule has 2 rings (SSSR count). The lowest BCUT2D eigenvalue weighted by atomic mass is 10.1. The van der Waals surface area contributed by atoms with E-state index in [0.29, 0.717) is 11.6 Å². The van der Waals surface area contributed by atoms with Gasteiger partial charge in [0.2, 0.25) is 0 Å². The molecule has 1 aliphatic rings. The Bertz CT molecular complexity index is 600. The molecule has 1 aromatic carbocycles. The average molecular weight is 265 g/mol. The predicted octanol–water partition coefficient (Wildman–Crippen LogP) is 2.99. The Morgan fingerprint density at radius 3 is 2.39 bits per heavy atom. The number of hydrogen-bond donors (Lipinski definition) is 1. The minimum absolute atomic E-state index is 0.121. The first kappa shape index (κ1) is 13.0. The second-order valence-corrected chi connectivity index (χ2v) is 5.93. The van der Waals surface area contributed by atoms with E-state index in [9.17, 15) is 8.42 Å². The number of aliphatic imine (C=N–C) groups is 1. The Balaban J connectivity index is 2.31. The van der Waals surface area contributed by atoms with Crippen molar-refractivity contribution in [1.82, 2.24) is 0 Å². The molecule has 5 heteroatoms. The molecule has 1 unspecified atom stereocenters. The second-order valence-electron chi connectivity index (χ2n) is 4.51. The Kier molecular flexibility index (Phi) is 3.36. The van der Waals surface area contributed by atoms with E-state index in [2.05, 4.69) is 18.5 Å². The SMILES string of the molecule is C=C1CCC(C)C1=Nc1ccc(S(=O)(=O)O)cc1. The standard InChI is InChI=1S/C13H15NO3S/c1-9-3-4-10(2)13(9)14-11-5-7-12(8-6-11)18(15,16)17/h5-8,10H,1,3-4H2,2H3,(H,15,16,17). The molecular weight excluding hydrogens is 250 g/mol. The van der Waals surface area contributed by atoms with Gasteiger partial charge in [-0.1, -0.05) is 13.5 Å². The van der Waals surface area contributed by atoms with Gasteiger partial charge in [-0.2, -0.15) is 8.42 Å². The first-order valence-electron chi connectivity index (χ1n) is 5.72. The third kappa shape index (κ3) is 2.68. The van der Waals surface area contributed by atoms with Crippen LogP contribution in [0.1, 0.15) is 19.8 Å². The quantitative estimate of drug-likeness (QED) is 0.836. The number of benzene rings is 1. The molecule has 0 aromatic heterocycles. The summed E-state index contributed by atoms with van der Waals surface area (Å²) in [5.41, 5.74) is 2.70. The van der Waals surface area contributed by atoms with Crippen molar-refractivity contribution in [3.05, 3.63) is 36.4 Å². The molecule has 0 spiro atoms. The summed E-state index contributed by atoms with van der Waals surface area (Å²) in [6.07, 6.45) is 2.02. The first-order valence-corrected chi connectivity index (χ1v) is 7.16. The molecule has 0 bridgehead atoms. The van der Waals surface area contributed by atoms with E-state index in [1.807, 2.05) is 0 Å². The molecule has 96 valence electrons. The van der Waals surface area contributed by atoms with Gasteiger partial charge in [0.25, 0.3) is 10.1 Å². The maximum atomic E-state index is 10.9. The summed E-state index contributed by atoms with van der Waals surface area (Å²) in [5, 5.41) is 0. The van der Waals surface area contributed by atoms with Crippen molar-refractivity contribution in [3.8, 4) is 0 Å². The van der Waals surface area contributed by atoms with Crippen molar-refractivity contribution >= 4 is 21.5 Å². The Hall–Kier alpha value is -1.46. The van der Waals surface area contributed by atoms with Crippen LogP contribution in [0, 0.1) is 5.92 Å². The lowest BCUT2D eigenvalue weighted by molar-refractivity contribution is 0.483. The van der Waals surface area contributed by atoms with Gasteiger partial charge in [-0.3, -0.25) is 9.55 Å². The van der Waals surface area contributed by atoms with E-state index in [1.54, 1.807) is 12.1 Å². The smallest absolute Gasteiger partial charge is 0.282 e. The molecule has 0 amide bonds. The van der Waals surface area contributed by atoms with Crippen LogP contribution in [0.3, 0.4) is 0 Å². The van der Waals surface area contributed by atoms with Crippen molar-refractivity contribution in [1.29, 1.82) is 0 Å². The van der Waals surface area contributed by atoms with Gasteiger partial charge in [-0.25, -0.2) is 0 Å². The Morgan fingerprint density at radius 1 is 1.33 bits per heavy atom. The van der Waals surface area contributed by atoms with Crippen LogP contribution in [0.5, 0.6) is 0 Å². The van der Waals surface area contributed by atoms with Crippen molar-refractivity contribution in [2.24, 2.45) is 10.9 Å². The number of nitrogens with zero attached hydrogens (tertiary/aromatic N) is 1. The maximum Gasteiger partial charge on any atom is 0.294 e. The van der Waals surface area contributed by atoms with Crippen molar-refractivity contribution in [3.63, 3.8) is 0 Å². The zero-order valence-electron chi connectivity index (χ0n) is 10.1. The molecule has 0 saturated heterocycles. The van der Waals surface area contributed by atoms with Gasteiger partial charge in [-0.05, 0) is 48.6 Å². The molecular formula is C13H15NO3S. The monoisotopic (exact) mass is 265 g/mol. The third-order valence-electron chi connectivity index (χ3n) is 3.09. The van der Waals surface area contributed by atoms with Gasteiger partial charge in [0.05, 0.1) is 10.6 Å². The molecule has 18 heavy (non-hydrogen) atoms. The van der Waals surface area contributed by atoms with Crippen LogP contribution >= 0.6 is 0 Å². The van der Waals surface area contributed by atoms with Gasteiger partial charge < -0.3 is 0 Å². The third-order valence-corrected chi connectivity index (χ3v) is 3.96. The molecule has 1 aliphatic carbocycles. The molecule has 0 aliphatic heterocycles. The first-order chi connectivity index (χ1) is 8.38. The zero-order valence-corrected chi connectivity index (χ0v) is 10.9. The summed E-state index contributed by atoms with van der Waals surface area (Å²) in [5.74, 6) is 0.388. The minimum Gasteiger partial charge on any atom is -0.282 e. The summed E-state index contributed by atoms with van der Waals surface area (Å²) < 4.78 is 30.7. The Morgan fingerprint density at radius 2 is 1.94 bits per heavy atom. The molecule has 1 saturated carbocycles. The van der Waals surface area contributed by atoms with Gasteiger partial charge in [0, 0.05) is 5.71 Å². The number of allylic oxidation sites excluding steroid dienone is 1. The summed E-state index contributed by atoms with van der Waals surface area (Å²) >= 11 is 0. The highest BCUT2D eigenvalue weighted by Gasteiger charge is 2.21. The zero-order chi connectivity index (χ0) is 13.3. The molecule has 0 heterocycles. The van der Waals surface area contributed by atoms with Crippen LogP contribution in [0.25, 0.3) is 0 Å². The highest BCUT2D eigenvalue weighted by Crippen LogP contribution is 2.29. The maximum absolute atomic E-state index is 10.9. The minimum atomic E-state index is -4.13. The summed E-state index contributed by atoms with van der Waals surface area (Å²) in [6.45, 7) is 6.07. The van der Waals surface area contributed by atoms with Crippen LogP contribution in [0.4, 0.5) is 5.69 Å². The molecule has 1 atom stereocenters. The van der Waals surface area contributed by atoms with Gasteiger partial charge >= 0.3 is 0 Å². The van der Waals surface area contributed by atoms with E-state index < -0.39 is 10.1 Å². The van der Waals surface area contributed by atoms with Crippen molar-refractivity contribution < 1.29 is 13.0 Å². The molecule has 1 fully saturated rings. The van der Waals surface area contributed by atoms with E-state index in [-0.39, 0.29) is 4.90 Å². The fraction of sp³-hybridized carbons (Fsp3) is 0.308. The van der Waals surface area contributed by atoms with E-state index >= 15 is 0 Å². The van der Waals surface area contributed by atoms with Gasteiger partial charge in [-0.15, -0.1) is 0 Å². The lowest BCUT2D eigenvalue weighted by Gasteiger charge is -2.05. The topological polar surface area (TPSA) is 66.7 Å². The molecule has 4 nitrogen and oxygen atoms in total. The second kappa shape index (κ2) is 4.66. The molecule has 1 N–H and O–H groups in total. The van der Waals surface area contributed by atoms with Crippen LogP contribution in [-0.2, 0) is 10.1 Å². The van der Waals surface area contributed by atoms with E-state index in [4.69, 9.17) is 4.55 Å². The van der Waals surface area contributed by atoms with Crippen molar-refractivity contribution in [2.75, 3.05) is 0 Å². The predicted molar refractivity (Wildman–Crippen MR) is 70.9 cm³/mol. The summed E-state index contributed by atoms with van der Waals surface area (Å²) in [6, 6.07) is 5.84. The highest BCUT2D eigenvalue weighted by molar-refractivity contribution is 7.85. The fourth-order valence-corrected chi connectivity index (χ4v) is 2.50. The number of rotatable bonds is 2. The van der Waals surface area contributed by atoms with Crippen LogP contribution in [0.2, 0.25) is 0 Å². The number of hydrogen-bond acceptors (Lipinski definition) is 3. The van der Waals surface area contributed by atoms with E-state index in [1.165, 1.54) is 12.1 Å². The van der Waals surface area contributed by atoms with Gasteiger partial charge in [0.1, 0.15) is 0 Å². The van der Waals surface area contributed by atoms with Crippen LogP contribution in [-0.4, -0.2) is 18.7 Å². The normalized spacial score (nSPS) is 22.7. The fourth-order valence-electron chi connectivity index (χ4n) is 2.02. The van der Waals surface area contributed by atoms with Crippen LogP contribution < -0.4 is 0 Å². The summed E-state index contributed by atoms with van der Waals surface area (Å²) in [7, 11) is -4.13. The molecule has 1 aromatic rings. The van der Waals surface area contributed by atoms with Gasteiger partial charge in [0.15, 0.2) is 0 Å². The lowest BCUT2D eigenvalue weighted by Crippen LogP contribution is -2.02. The highest BCUT2D eigenvalue weighted by atomic mass is 32.2. The molecule has 0 radical (unpaired) electrons. The van der Waals surface area contributed by atoms with E-state index in [0.717, 1.165) is 24.1 Å².